The highest BCUT2D eigenvalue weighted by molar-refractivity contribution is 6.12. The van der Waals surface area contributed by atoms with Crippen LogP contribution < -0.4 is 15.5 Å². The first-order valence-electron chi connectivity index (χ1n) is 11.7. The summed E-state index contributed by atoms with van der Waals surface area (Å²) >= 11 is 0. The summed E-state index contributed by atoms with van der Waals surface area (Å²) in [5, 5.41) is 16.1. The summed E-state index contributed by atoms with van der Waals surface area (Å²) in [5.41, 5.74) is 1.11. The topological polar surface area (TPSA) is 127 Å². The van der Waals surface area contributed by atoms with Gasteiger partial charge in [-0.05, 0) is 55.2 Å². The van der Waals surface area contributed by atoms with Crippen molar-refractivity contribution in [2.45, 2.75) is 50.6 Å². The van der Waals surface area contributed by atoms with Gasteiger partial charge >= 0.3 is 12.1 Å². The van der Waals surface area contributed by atoms with E-state index in [0.29, 0.717) is 18.5 Å². The molecule has 4 amide bonds. The fourth-order valence-electron chi connectivity index (χ4n) is 4.46. The Kier molecular flexibility index (Phi) is 7.16. The van der Waals surface area contributed by atoms with Crippen molar-refractivity contribution in [3.05, 3.63) is 43.1 Å². The molecular formula is C25H29N5O4. The van der Waals surface area contributed by atoms with Crippen LogP contribution in [0.25, 0.3) is 10.9 Å². The molecule has 9 heteroatoms. The number of nitrogens with zero attached hydrogens (tertiary/aromatic N) is 2. The Hall–Kier alpha value is -3.80. The van der Waals surface area contributed by atoms with Crippen LogP contribution in [0, 0.1) is 23.2 Å². The maximum absolute atomic E-state index is 13.3. The number of benzene rings is 1. The molecule has 0 bridgehead atoms. The van der Waals surface area contributed by atoms with Crippen molar-refractivity contribution in [2.24, 2.45) is 11.8 Å². The lowest BCUT2D eigenvalue weighted by molar-refractivity contribution is -0.127. The van der Waals surface area contributed by atoms with Gasteiger partial charge in [-0.3, -0.25) is 4.79 Å². The highest BCUT2D eigenvalue weighted by Gasteiger charge is 2.38. The Morgan fingerprint density at radius 1 is 1.24 bits per heavy atom. The number of carbonyl (C=O) groups is 3. The number of anilines is 1. The van der Waals surface area contributed by atoms with E-state index in [0.717, 1.165) is 41.5 Å². The fourth-order valence-corrected chi connectivity index (χ4v) is 4.46. The maximum atomic E-state index is 13.3. The molecule has 4 rings (SSSR count). The quantitative estimate of drug-likeness (QED) is 0.535. The minimum Gasteiger partial charge on any atom is -0.445 e. The molecule has 0 spiro atoms. The number of hydrogen-bond donors (Lipinski definition) is 3. The monoisotopic (exact) mass is 463 g/mol. The third-order valence-electron chi connectivity index (χ3n) is 6.45. The zero-order valence-corrected chi connectivity index (χ0v) is 19.0. The smallest absolute Gasteiger partial charge is 0.423 e. The summed E-state index contributed by atoms with van der Waals surface area (Å²) in [4.78, 5) is 43.2. The van der Waals surface area contributed by atoms with Crippen LogP contribution in [-0.4, -0.2) is 41.7 Å². The second kappa shape index (κ2) is 10.4. The summed E-state index contributed by atoms with van der Waals surface area (Å²) < 4.78 is 5.17. The zero-order chi connectivity index (χ0) is 24.1. The number of nitriles is 1. The Labute approximate surface area is 198 Å². The second-order valence-electron chi connectivity index (χ2n) is 8.85. The first-order valence-corrected chi connectivity index (χ1v) is 11.7. The lowest BCUT2D eigenvalue weighted by Crippen LogP contribution is -2.54. The van der Waals surface area contributed by atoms with Crippen LogP contribution in [0.4, 0.5) is 15.3 Å². The van der Waals surface area contributed by atoms with Crippen molar-refractivity contribution in [3.8, 4) is 6.07 Å². The predicted octanol–water partition coefficient (Wildman–Crippen LogP) is 3.98. The van der Waals surface area contributed by atoms with Gasteiger partial charge in [-0.1, -0.05) is 31.6 Å². The third kappa shape index (κ3) is 5.22. The van der Waals surface area contributed by atoms with E-state index in [4.69, 9.17) is 4.74 Å². The molecule has 3 atom stereocenters. The first-order chi connectivity index (χ1) is 16.5. The molecule has 178 valence electrons. The molecular weight excluding hydrogens is 434 g/mol. The molecule has 2 fully saturated rings. The van der Waals surface area contributed by atoms with Gasteiger partial charge in [-0.25, -0.2) is 9.59 Å². The van der Waals surface area contributed by atoms with E-state index in [-0.39, 0.29) is 18.4 Å². The number of carbonyl (C=O) groups excluding carboxylic acids is 3. The number of ether oxygens (including phenoxy) is 1. The molecule has 0 saturated heterocycles. The number of aromatic nitrogens is 1. The van der Waals surface area contributed by atoms with Crippen molar-refractivity contribution >= 4 is 34.6 Å². The molecule has 3 N–H and O–H groups in total. The van der Waals surface area contributed by atoms with Gasteiger partial charge in [0.15, 0.2) is 0 Å². The van der Waals surface area contributed by atoms with Crippen LogP contribution in [0.3, 0.4) is 0 Å². The van der Waals surface area contributed by atoms with E-state index in [1.165, 1.54) is 6.08 Å². The number of urea groups is 1. The average molecular weight is 464 g/mol. The minimum atomic E-state index is -0.835. The Balaban J connectivity index is 1.52. The van der Waals surface area contributed by atoms with Crippen LogP contribution >= 0.6 is 0 Å². The Morgan fingerprint density at radius 2 is 2.03 bits per heavy atom. The van der Waals surface area contributed by atoms with Gasteiger partial charge in [0, 0.05) is 17.8 Å². The van der Waals surface area contributed by atoms with Gasteiger partial charge in [0.2, 0.25) is 5.91 Å². The van der Waals surface area contributed by atoms with Crippen LogP contribution in [0.15, 0.2) is 43.1 Å². The van der Waals surface area contributed by atoms with Gasteiger partial charge in [0.1, 0.15) is 12.6 Å². The van der Waals surface area contributed by atoms with E-state index >= 15 is 0 Å². The number of H-pyrrole nitrogens is 1. The molecule has 2 saturated carbocycles. The molecule has 34 heavy (non-hydrogen) atoms. The standard InChI is InChI=1S/C25H29N5O4/c1-2-13-34-25(33)30(18-10-9-17-11-12-27-21(17)14-18)24(32)29-20-6-4-3-5-19(20)23(31)28-22(15-26)16-7-8-16/h2,9-12,14,16,19-20,22,27H,1,3-8,13H2,(H,28,31)(H,29,32)/t19-,20+,22?/m1/s1. The number of hydrogen-bond acceptors (Lipinski definition) is 5. The van der Waals surface area contributed by atoms with Crippen molar-refractivity contribution in [2.75, 3.05) is 11.5 Å². The van der Waals surface area contributed by atoms with Crippen molar-refractivity contribution in [3.63, 3.8) is 0 Å². The molecule has 1 aromatic carbocycles. The molecule has 0 aliphatic heterocycles. The zero-order valence-electron chi connectivity index (χ0n) is 19.0. The van der Waals surface area contributed by atoms with E-state index in [9.17, 15) is 19.6 Å². The van der Waals surface area contributed by atoms with Gasteiger partial charge in [-0.2, -0.15) is 10.2 Å². The van der Waals surface area contributed by atoms with E-state index < -0.39 is 30.1 Å². The lowest BCUT2D eigenvalue weighted by Gasteiger charge is -2.33. The van der Waals surface area contributed by atoms with Crippen molar-refractivity contribution < 1.29 is 19.1 Å². The van der Waals surface area contributed by atoms with Crippen molar-refractivity contribution in [1.82, 2.24) is 15.6 Å². The van der Waals surface area contributed by atoms with Crippen LogP contribution in [0.1, 0.15) is 38.5 Å². The van der Waals surface area contributed by atoms with Gasteiger partial charge in [0.25, 0.3) is 0 Å². The Morgan fingerprint density at radius 3 is 2.76 bits per heavy atom. The third-order valence-corrected chi connectivity index (χ3v) is 6.45. The van der Waals surface area contributed by atoms with Gasteiger partial charge in [-0.15, -0.1) is 0 Å². The fraction of sp³-hybridized carbons (Fsp3) is 0.440. The average Bonchev–Trinajstić information content (AvgIpc) is 3.58. The molecule has 2 aliphatic rings. The predicted molar refractivity (Wildman–Crippen MR) is 127 cm³/mol. The van der Waals surface area contributed by atoms with Gasteiger partial charge < -0.3 is 20.4 Å². The highest BCUT2D eigenvalue weighted by atomic mass is 16.6. The van der Waals surface area contributed by atoms with Crippen LogP contribution in [0.5, 0.6) is 0 Å². The second-order valence-corrected chi connectivity index (χ2v) is 8.85. The molecule has 9 nitrogen and oxygen atoms in total. The summed E-state index contributed by atoms with van der Waals surface area (Å²) in [5.74, 6) is -0.482. The largest absolute Gasteiger partial charge is 0.445 e. The minimum absolute atomic E-state index is 0.0431. The molecule has 1 heterocycles. The molecule has 0 radical (unpaired) electrons. The first kappa shape index (κ1) is 23.4. The molecule has 2 aliphatic carbocycles. The molecule has 2 aromatic rings. The van der Waals surface area contributed by atoms with E-state index in [1.807, 2.05) is 6.07 Å². The van der Waals surface area contributed by atoms with Crippen LogP contribution in [-0.2, 0) is 9.53 Å². The SMILES string of the molecule is C=CCOC(=O)N(C(=O)N[C@H]1CCCC[C@H]1C(=O)NC(C#N)C1CC1)c1ccc2cc[nH]c2c1. The summed E-state index contributed by atoms with van der Waals surface area (Å²) in [6, 6.07) is 7.62. The normalized spacial score (nSPS) is 20.6. The summed E-state index contributed by atoms with van der Waals surface area (Å²) in [6.45, 7) is 3.50. The number of imide groups is 1. The van der Waals surface area contributed by atoms with Crippen molar-refractivity contribution in [1.29, 1.82) is 5.26 Å². The number of amides is 4. The number of rotatable bonds is 7. The number of nitrogens with one attached hydrogen (secondary N) is 3. The van der Waals surface area contributed by atoms with Gasteiger partial charge in [0.05, 0.1) is 17.7 Å². The maximum Gasteiger partial charge on any atom is 0.423 e. The van der Waals surface area contributed by atoms with Crippen LogP contribution in [0.2, 0.25) is 0 Å². The highest BCUT2D eigenvalue weighted by Crippen LogP contribution is 2.33. The Bertz CT molecular complexity index is 1120. The number of aromatic amines is 1. The van der Waals surface area contributed by atoms with E-state index in [1.54, 1.807) is 24.4 Å². The molecule has 1 unspecified atom stereocenters. The molecule has 1 aromatic heterocycles. The summed E-state index contributed by atoms with van der Waals surface area (Å²) in [7, 11) is 0. The summed E-state index contributed by atoms with van der Waals surface area (Å²) in [6.07, 6.45) is 7.18. The number of fused-ring (bicyclic) bond motifs is 1. The lowest BCUT2D eigenvalue weighted by atomic mass is 9.83. The van der Waals surface area contributed by atoms with E-state index in [2.05, 4.69) is 28.3 Å².